The lowest BCUT2D eigenvalue weighted by Gasteiger charge is -2.19. The summed E-state index contributed by atoms with van der Waals surface area (Å²) in [5.74, 6) is 0.989. The molecule has 1 aromatic heterocycles. The fraction of sp³-hybridized carbons (Fsp3) is 0.214. The molecule has 0 atom stereocenters. The molecule has 0 aliphatic rings. The van der Waals surface area contributed by atoms with Crippen LogP contribution in [0.15, 0.2) is 36.4 Å². The van der Waals surface area contributed by atoms with E-state index < -0.39 is 4.92 Å². The minimum absolute atomic E-state index is 0.0128. The number of nitrogens with one attached hydrogen (secondary N) is 1. The lowest BCUT2D eigenvalue weighted by Crippen LogP contribution is -2.12. The molecule has 0 aliphatic heterocycles. The summed E-state index contributed by atoms with van der Waals surface area (Å²) in [6.45, 7) is 2.00. The summed E-state index contributed by atoms with van der Waals surface area (Å²) >= 11 is 0. The van der Waals surface area contributed by atoms with Crippen molar-refractivity contribution in [2.75, 3.05) is 24.3 Å². The molecule has 1 aromatic carbocycles. The third kappa shape index (κ3) is 2.85. The maximum atomic E-state index is 11.0. The molecule has 0 saturated carbocycles. The zero-order valence-electron chi connectivity index (χ0n) is 11.6. The molecule has 0 aliphatic carbocycles. The number of pyridine rings is 1. The van der Waals surface area contributed by atoms with Gasteiger partial charge in [-0.25, -0.2) is 4.98 Å². The molecule has 0 unspecified atom stereocenters. The fourth-order valence-electron chi connectivity index (χ4n) is 1.88. The highest BCUT2D eigenvalue weighted by Gasteiger charge is 2.14. The van der Waals surface area contributed by atoms with Crippen molar-refractivity contribution in [3.8, 4) is 0 Å². The van der Waals surface area contributed by atoms with E-state index in [1.165, 1.54) is 12.1 Å². The Morgan fingerprint density at radius 2 is 2.05 bits per heavy atom. The summed E-state index contributed by atoms with van der Waals surface area (Å²) in [5, 5.41) is 13.8. The van der Waals surface area contributed by atoms with Crippen molar-refractivity contribution in [2.24, 2.45) is 0 Å². The molecule has 0 radical (unpaired) electrons. The number of nitrogens with zero attached hydrogens (tertiary/aromatic N) is 3. The van der Waals surface area contributed by atoms with Crippen LogP contribution in [0.1, 0.15) is 5.56 Å². The zero-order chi connectivity index (χ0) is 14.7. The molecule has 20 heavy (non-hydrogen) atoms. The average molecular weight is 272 g/mol. The van der Waals surface area contributed by atoms with Crippen molar-refractivity contribution in [2.45, 2.75) is 6.92 Å². The number of aromatic nitrogens is 1. The molecular weight excluding hydrogens is 256 g/mol. The van der Waals surface area contributed by atoms with Gasteiger partial charge in [-0.2, -0.15) is 0 Å². The van der Waals surface area contributed by atoms with Crippen LogP contribution in [0.2, 0.25) is 0 Å². The van der Waals surface area contributed by atoms with Gasteiger partial charge in [0.2, 0.25) is 0 Å². The van der Waals surface area contributed by atoms with Crippen LogP contribution in [-0.4, -0.2) is 24.0 Å². The van der Waals surface area contributed by atoms with Gasteiger partial charge in [-0.15, -0.1) is 0 Å². The third-order valence-corrected chi connectivity index (χ3v) is 3.00. The number of benzene rings is 1. The smallest absolute Gasteiger partial charge is 0.276 e. The van der Waals surface area contributed by atoms with Crippen LogP contribution in [0.5, 0.6) is 0 Å². The predicted molar refractivity (Wildman–Crippen MR) is 79.7 cm³/mol. The summed E-state index contributed by atoms with van der Waals surface area (Å²) in [7, 11) is 3.52. The van der Waals surface area contributed by atoms with Gasteiger partial charge < -0.3 is 10.2 Å². The molecule has 2 aromatic rings. The van der Waals surface area contributed by atoms with Gasteiger partial charge in [-0.1, -0.05) is 12.1 Å². The monoisotopic (exact) mass is 272 g/mol. The van der Waals surface area contributed by atoms with Crippen LogP contribution < -0.4 is 10.2 Å². The van der Waals surface area contributed by atoms with Crippen LogP contribution in [0.3, 0.4) is 0 Å². The molecule has 2 rings (SSSR count). The third-order valence-electron chi connectivity index (χ3n) is 3.00. The van der Waals surface area contributed by atoms with Gasteiger partial charge in [0, 0.05) is 19.8 Å². The Morgan fingerprint density at radius 3 is 2.65 bits per heavy atom. The van der Waals surface area contributed by atoms with Gasteiger partial charge in [0.1, 0.15) is 11.6 Å². The molecule has 0 fully saturated rings. The van der Waals surface area contributed by atoms with E-state index in [1.807, 2.05) is 43.1 Å². The quantitative estimate of drug-likeness (QED) is 0.684. The van der Waals surface area contributed by atoms with E-state index in [4.69, 9.17) is 0 Å². The Balaban J connectivity index is 2.45. The second kappa shape index (κ2) is 5.56. The van der Waals surface area contributed by atoms with E-state index >= 15 is 0 Å². The van der Waals surface area contributed by atoms with Crippen LogP contribution in [0.4, 0.5) is 23.0 Å². The Hall–Kier alpha value is -2.63. The SMILES string of the molecule is CNc1cc([N+](=O)[O-])cc(N(C)c2cccc(C)c2)n1. The van der Waals surface area contributed by atoms with Crippen molar-refractivity contribution >= 4 is 23.0 Å². The molecule has 0 spiro atoms. The first-order valence-corrected chi connectivity index (χ1v) is 6.16. The number of rotatable bonds is 4. The summed E-state index contributed by atoms with van der Waals surface area (Å²) in [6.07, 6.45) is 0. The van der Waals surface area contributed by atoms with Gasteiger partial charge >= 0.3 is 0 Å². The first-order valence-electron chi connectivity index (χ1n) is 6.16. The normalized spacial score (nSPS) is 10.2. The Kier molecular flexibility index (Phi) is 3.84. The molecule has 0 bridgehead atoms. The summed E-state index contributed by atoms with van der Waals surface area (Å²) in [5.41, 5.74) is 2.06. The Labute approximate surface area is 117 Å². The standard InChI is InChI=1S/C14H16N4O2/c1-10-5-4-6-11(7-10)17(3)14-9-12(18(19)20)8-13(15-2)16-14/h4-9H,1-3H3,(H,15,16). The topological polar surface area (TPSA) is 71.3 Å². The molecule has 1 N–H and O–H groups in total. The lowest BCUT2D eigenvalue weighted by molar-refractivity contribution is -0.384. The first kappa shape index (κ1) is 13.8. The number of anilines is 3. The highest BCUT2D eigenvalue weighted by molar-refractivity contribution is 5.64. The predicted octanol–water partition coefficient (Wildman–Crippen LogP) is 3.11. The molecular formula is C14H16N4O2. The molecule has 0 amide bonds. The molecule has 0 saturated heterocycles. The van der Waals surface area contributed by atoms with E-state index in [0.29, 0.717) is 11.6 Å². The van der Waals surface area contributed by atoms with Gasteiger partial charge in [-0.3, -0.25) is 10.1 Å². The number of aryl methyl sites for hydroxylation is 1. The Morgan fingerprint density at radius 1 is 1.30 bits per heavy atom. The highest BCUT2D eigenvalue weighted by atomic mass is 16.6. The maximum absolute atomic E-state index is 11.0. The number of hydrogen-bond acceptors (Lipinski definition) is 5. The molecule has 104 valence electrons. The highest BCUT2D eigenvalue weighted by Crippen LogP contribution is 2.27. The van der Waals surface area contributed by atoms with E-state index in [-0.39, 0.29) is 5.69 Å². The molecule has 1 heterocycles. The van der Waals surface area contributed by atoms with Crippen molar-refractivity contribution in [3.63, 3.8) is 0 Å². The van der Waals surface area contributed by atoms with Crippen molar-refractivity contribution < 1.29 is 4.92 Å². The van der Waals surface area contributed by atoms with E-state index in [2.05, 4.69) is 10.3 Å². The summed E-state index contributed by atoms with van der Waals surface area (Å²) < 4.78 is 0. The largest absolute Gasteiger partial charge is 0.373 e. The minimum atomic E-state index is -0.421. The van der Waals surface area contributed by atoms with Gasteiger partial charge in [-0.05, 0) is 24.6 Å². The average Bonchev–Trinajstić information content (AvgIpc) is 2.45. The first-order chi connectivity index (χ1) is 9.51. The second-order valence-electron chi connectivity index (χ2n) is 4.47. The van der Waals surface area contributed by atoms with Gasteiger partial charge in [0.15, 0.2) is 0 Å². The van der Waals surface area contributed by atoms with E-state index in [0.717, 1.165) is 11.3 Å². The van der Waals surface area contributed by atoms with E-state index in [1.54, 1.807) is 7.05 Å². The number of nitro groups is 1. The van der Waals surface area contributed by atoms with Crippen molar-refractivity contribution in [1.29, 1.82) is 0 Å². The Bertz CT molecular complexity index is 643. The van der Waals surface area contributed by atoms with Gasteiger partial charge in [0.25, 0.3) is 5.69 Å². The van der Waals surface area contributed by atoms with E-state index in [9.17, 15) is 10.1 Å². The minimum Gasteiger partial charge on any atom is -0.373 e. The van der Waals surface area contributed by atoms with Crippen LogP contribution >= 0.6 is 0 Å². The summed E-state index contributed by atoms with van der Waals surface area (Å²) in [6, 6.07) is 10.7. The second-order valence-corrected chi connectivity index (χ2v) is 4.47. The van der Waals surface area contributed by atoms with Crippen LogP contribution in [0, 0.1) is 17.0 Å². The van der Waals surface area contributed by atoms with Crippen molar-refractivity contribution in [3.05, 3.63) is 52.1 Å². The van der Waals surface area contributed by atoms with Crippen LogP contribution in [-0.2, 0) is 0 Å². The fourth-order valence-corrected chi connectivity index (χ4v) is 1.88. The molecule has 6 heteroatoms. The van der Waals surface area contributed by atoms with Gasteiger partial charge in [0.05, 0.1) is 17.1 Å². The lowest BCUT2D eigenvalue weighted by atomic mass is 10.2. The van der Waals surface area contributed by atoms with Crippen molar-refractivity contribution in [1.82, 2.24) is 4.98 Å². The summed E-state index contributed by atoms with van der Waals surface area (Å²) in [4.78, 5) is 16.7. The number of hydrogen-bond donors (Lipinski definition) is 1. The maximum Gasteiger partial charge on any atom is 0.276 e. The van der Waals surface area contributed by atoms with Crippen LogP contribution in [0.25, 0.3) is 0 Å². The zero-order valence-corrected chi connectivity index (χ0v) is 11.6. The molecule has 6 nitrogen and oxygen atoms in total.